The summed E-state index contributed by atoms with van der Waals surface area (Å²) in [6.45, 7) is 2.05. The third-order valence-corrected chi connectivity index (χ3v) is 5.57. The first-order chi connectivity index (χ1) is 17.6. The summed E-state index contributed by atoms with van der Waals surface area (Å²) in [4.78, 5) is 25.0. The Morgan fingerprint density at radius 2 is 1.72 bits per heavy atom. The van der Waals surface area contributed by atoms with Gasteiger partial charge in [-0.25, -0.2) is 0 Å². The first kappa shape index (κ1) is 26.5. The van der Waals surface area contributed by atoms with E-state index in [1.54, 1.807) is 13.1 Å². The van der Waals surface area contributed by atoms with E-state index in [2.05, 4.69) is 10.4 Å². The van der Waals surface area contributed by atoms with Crippen LogP contribution < -0.4 is 15.9 Å². The molecule has 7 nitrogen and oxygen atoms in total. The number of ether oxygens (including phenoxy) is 2. The molecule has 1 amide bonds. The van der Waals surface area contributed by atoms with Crippen molar-refractivity contribution < 1.29 is 19.1 Å². The van der Waals surface area contributed by atoms with Crippen LogP contribution >= 0.6 is 0 Å². The third-order valence-electron chi connectivity index (χ3n) is 5.57. The number of rotatable bonds is 13. The molecule has 0 saturated carbocycles. The molecular formula is C29H33N3O4. The second-order valence-electron chi connectivity index (χ2n) is 8.34. The van der Waals surface area contributed by atoms with Crippen molar-refractivity contribution in [2.45, 2.75) is 45.1 Å². The van der Waals surface area contributed by atoms with Gasteiger partial charge in [-0.2, -0.15) is 5.10 Å². The van der Waals surface area contributed by atoms with Gasteiger partial charge in [0.05, 0.1) is 25.3 Å². The van der Waals surface area contributed by atoms with Crippen LogP contribution in [0, 0.1) is 0 Å². The monoisotopic (exact) mass is 487 g/mol. The number of carbonyl (C=O) groups is 2. The van der Waals surface area contributed by atoms with Crippen molar-refractivity contribution in [1.82, 2.24) is 5.32 Å². The zero-order valence-corrected chi connectivity index (χ0v) is 20.6. The zero-order chi connectivity index (χ0) is 25.6. The molecule has 0 aliphatic heterocycles. The number of nitrogens with zero attached hydrogens (tertiary/aromatic N) is 1. The van der Waals surface area contributed by atoms with Crippen LogP contribution in [-0.4, -0.2) is 24.7 Å². The lowest BCUT2D eigenvalue weighted by atomic mass is 10.0. The number of hydrogen-bond donors (Lipinski definition) is 2. The Kier molecular flexibility index (Phi) is 10.5. The molecule has 188 valence electrons. The van der Waals surface area contributed by atoms with E-state index < -0.39 is 6.04 Å². The van der Waals surface area contributed by atoms with Crippen LogP contribution in [-0.2, 0) is 20.7 Å². The number of hydrazone groups is 1. The first-order valence-corrected chi connectivity index (χ1v) is 12.2. The van der Waals surface area contributed by atoms with E-state index in [4.69, 9.17) is 15.3 Å². The van der Waals surface area contributed by atoms with Crippen LogP contribution in [0.25, 0.3) is 0 Å². The maximum atomic E-state index is 12.7. The van der Waals surface area contributed by atoms with E-state index in [1.165, 1.54) is 5.56 Å². The second-order valence-corrected chi connectivity index (χ2v) is 8.34. The van der Waals surface area contributed by atoms with Crippen molar-refractivity contribution in [2.24, 2.45) is 10.9 Å². The number of hydrogen-bond acceptors (Lipinski definition) is 6. The molecule has 0 aromatic heterocycles. The van der Waals surface area contributed by atoms with Crippen LogP contribution in [0.5, 0.6) is 11.5 Å². The van der Waals surface area contributed by atoms with Crippen molar-refractivity contribution in [1.29, 1.82) is 0 Å². The molecule has 0 fully saturated rings. The SMILES string of the molecule is CCOC(=O)CC(NC(=O)CCCCc1ccc(C=NN)cc1)c1cccc(Oc2ccccc2)c1. The van der Waals surface area contributed by atoms with Crippen LogP contribution in [0.15, 0.2) is 84.0 Å². The number of esters is 1. The van der Waals surface area contributed by atoms with Crippen LogP contribution in [0.3, 0.4) is 0 Å². The fourth-order valence-electron chi connectivity index (χ4n) is 3.80. The number of unbranched alkanes of at least 4 members (excludes halogenated alkanes) is 1. The highest BCUT2D eigenvalue weighted by atomic mass is 16.5. The molecule has 3 N–H and O–H groups in total. The van der Waals surface area contributed by atoms with Crippen molar-refractivity contribution in [3.05, 3.63) is 95.6 Å². The Labute approximate surface area is 212 Å². The predicted octanol–water partition coefficient (Wildman–Crippen LogP) is 5.30. The van der Waals surface area contributed by atoms with Gasteiger partial charge in [0, 0.05) is 6.42 Å². The van der Waals surface area contributed by atoms with Crippen LogP contribution in [0.4, 0.5) is 0 Å². The number of benzene rings is 3. The second kappa shape index (κ2) is 14.3. The molecule has 3 aromatic carbocycles. The Morgan fingerprint density at radius 3 is 2.44 bits per heavy atom. The number of amides is 1. The van der Waals surface area contributed by atoms with Gasteiger partial charge in [-0.1, -0.05) is 54.6 Å². The standard InChI is InChI=1S/C29H33N3O4/c1-2-35-29(34)20-27(24-10-8-13-26(19-24)36-25-11-4-3-5-12-25)32-28(33)14-7-6-9-22-15-17-23(18-16-22)21-31-30/h3-5,8,10-13,15-19,21,27H,2,6-7,9,14,20,30H2,1H3,(H,32,33). The zero-order valence-electron chi connectivity index (χ0n) is 20.6. The van der Waals surface area contributed by atoms with Crippen molar-refractivity contribution >= 4 is 18.1 Å². The largest absolute Gasteiger partial charge is 0.466 e. The minimum Gasteiger partial charge on any atom is -0.466 e. The van der Waals surface area contributed by atoms with Gasteiger partial charge in [-0.05, 0) is 67.1 Å². The maximum absolute atomic E-state index is 12.7. The Balaban J connectivity index is 1.57. The minimum atomic E-state index is -0.507. The lowest BCUT2D eigenvalue weighted by Gasteiger charge is -2.19. The van der Waals surface area contributed by atoms with E-state index in [1.807, 2.05) is 78.9 Å². The summed E-state index contributed by atoms with van der Waals surface area (Å²) in [5.74, 6) is 6.05. The smallest absolute Gasteiger partial charge is 0.308 e. The lowest BCUT2D eigenvalue weighted by Crippen LogP contribution is -2.30. The predicted molar refractivity (Wildman–Crippen MR) is 141 cm³/mol. The van der Waals surface area contributed by atoms with Crippen LogP contribution in [0.1, 0.15) is 55.3 Å². The van der Waals surface area contributed by atoms with E-state index in [9.17, 15) is 9.59 Å². The first-order valence-electron chi connectivity index (χ1n) is 12.2. The van der Waals surface area contributed by atoms with Gasteiger partial charge in [0.15, 0.2) is 0 Å². The van der Waals surface area contributed by atoms with Crippen molar-refractivity contribution in [3.8, 4) is 11.5 Å². The molecule has 3 rings (SSSR count). The fourth-order valence-corrected chi connectivity index (χ4v) is 3.80. The van der Waals surface area contributed by atoms with E-state index in [0.717, 1.165) is 30.4 Å². The summed E-state index contributed by atoms with van der Waals surface area (Å²) in [7, 11) is 0. The molecule has 0 aliphatic rings. The van der Waals surface area contributed by atoms with E-state index in [0.29, 0.717) is 17.9 Å². The minimum absolute atomic E-state index is 0.0484. The fraction of sp³-hybridized carbons (Fsp3) is 0.276. The quantitative estimate of drug-likeness (QED) is 0.112. The summed E-state index contributed by atoms with van der Waals surface area (Å²) in [6.07, 6.45) is 4.51. The summed E-state index contributed by atoms with van der Waals surface area (Å²) < 4.78 is 11.1. The molecule has 0 aliphatic carbocycles. The summed E-state index contributed by atoms with van der Waals surface area (Å²) in [6, 6.07) is 24.4. The molecule has 36 heavy (non-hydrogen) atoms. The average Bonchev–Trinajstić information content (AvgIpc) is 2.88. The number of nitrogens with one attached hydrogen (secondary N) is 1. The number of para-hydroxylation sites is 1. The van der Waals surface area contributed by atoms with Gasteiger partial charge >= 0.3 is 5.97 Å². The molecule has 0 bridgehead atoms. The molecule has 0 radical (unpaired) electrons. The molecule has 7 heteroatoms. The maximum Gasteiger partial charge on any atom is 0.308 e. The van der Waals surface area contributed by atoms with Gasteiger partial charge in [0.1, 0.15) is 11.5 Å². The van der Waals surface area contributed by atoms with Gasteiger partial charge in [0.2, 0.25) is 5.91 Å². The molecular weight excluding hydrogens is 454 g/mol. The number of carbonyl (C=O) groups excluding carboxylic acids is 2. The molecule has 3 aromatic rings. The molecule has 0 heterocycles. The average molecular weight is 488 g/mol. The Bertz CT molecular complexity index is 1130. The number of nitrogens with two attached hydrogens (primary N) is 1. The highest BCUT2D eigenvalue weighted by molar-refractivity contribution is 5.79. The topological polar surface area (TPSA) is 103 Å². The van der Waals surface area contributed by atoms with Gasteiger partial charge < -0.3 is 20.6 Å². The molecule has 1 unspecified atom stereocenters. The van der Waals surface area contributed by atoms with Gasteiger partial charge in [0.25, 0.3) is 0 Å². The van der Waals surface area contributed by atoms with Crippen molar-refractivity contribution in [2.75, 3.05) is 6.61 Å². The Morgan fingerprint density at radius 1 is 0.972 bits per heavy atom. The normalized spacial score (nSPS) is 11.7. The van der Waals surface area contributed by atoms with E-state index in [-0.39, 0.29) is 24.9 Å². The van der Waals surface area contributed by atoms with Crippen LogP contribution in [0.2, 0.25) is 0 Å². The Hall–Kier alpha value is -4.13. The van der Waals surface area contributed by atoms with Gasteiger partial charge in [-0.15, -0.1) is 0 Å². The third kappa shape index (κ3) is 8.91. The number of aryl methyl sites for hydroxylation is 1. The highest BCUT2D eigenvalue weighted by Gasteiger charge is 2.20. The summed E-state index contributed by atoms with van der Waals surface area (Å²) in [5, 5.41) is 6.53. The van der Waals surface area contributed by atoms with Gasteiger partial charge in [-0.3, -0.25) is 9.59 Å². The lowest BCUT2D eigenvalue weighted by molar-refractivity contribution is -0.143. The van der Waals surface area contributed by atoms with Crippen molar-refractivity contribution in [3.63, 3.8) is 0 Å². The highest BCUT2D eigenvalue weighted by Crippen LogP contribution is 2.26. The molecule has 1 atom stereocenters. The molecule has 0 saturated heterocycles. The van der Waals surface area contributed by atoms with E-state index >= 15 is 0 Å². The molecule has 0 spiro atoms. The summed E-state index contributed by atoms with van der Waals surface area (Å²) >= 11 is 0. The summed E-state index contributed by atoms with van der Waals surface area (Å²) in [5.41, 5.74) is 2.93.